The fourth-order valence-corrected chi connectivity index (χ4v) is 3.26. The molecule has 0 atom stereocenters. The van der Waals surface area contributed by atoms with Gasteiger partial charge in [0.15, 0.2) is 0 Å². The van der Waals surface area contributed by atoms with Crippen LogP contribution in [0.1, 0.15) is 54.0 Å². The molecule has 0 spiro atoms. The summed E-state index contributed by atoms with van der Waals surface area (Å²) in [6.07, 6.45) is 0.889. The van der Waals surface area contributed by atoms with E-state index < -0.39 is 11.4 Å². The van der Waals surface area contributed by atoms with Gasteiger partial charge in [-0.05, 0) is 63.1 Å². The SMILES string of the molecule is CCc1ccc(C(=O)N(N(Cl)C(=O)c2cccc(Br)c2)C(C)(C)C)cc1. The monoisotopic (exact) mass is 436 g/mol. The first kappa shape index (κ1) is 20.5. The zero-order valence-corrected chi connectivity index (χ0v) is 17.6. The number of aryl methyl sites for hydroxylation is 1. The fraction of sp³-hybridized carbons (Fsp3) is 0.300. The molecule has 0 aliphatic carbocycles. The summed E-state index contributed by atoms with van der Waals surface area (Å²) in [5, 5.41) is 1.28. The molecule has 0 aromatic heterocycles. The standard InChI is InChI=1S/C20H22BrClN2O2/c1-5-14-9-11-15(12-10-14)18(25)23(20(2,3)4)24(22)19(26)16-7-6-8-17(21)13-16/h6-13H,5H2,1-4H3. The maximum Gasteiger partial charge on any atom is 0.287 e. The minimum absolute atomic E-state index is 0.335. The highest BCUT2D eigenvalue weighted by atomic mass is 79.9. The van der Waals surface area contributed by atoms with E-state index in [-0.39, 0.29) is 5.91 Å². The summed E-state index contributed by atoms with van der Waals surface area (Å²) >= 11 is 9.69. The summed E-state index contributed by atoms with van der Waals surface area (Å²) < 4.78 is 1.63. The molecule has 0 N–H and O–H groups in total. The molecular weight excluding hydrogens is 416 g/mol. The molecule has 2 aromatic rings. The van der Waals surface area contributed by atoms with Crippen LogP contribution in [-0.2, 0) is 6.42 Å². The third kappa shape index (κ3) is 4.65. The van der Waals surface area contributed by atoms with E-state index in [1.807, 2.05) is 39.0 Å². The Labute approximate surface area is 168 Å². The molecule has 0 unspecified atom stereocenters. The van der Waals surface area contributed by atoms with E-state index in [9.17, 15) is 9.59 Å². The van der Waals surface area contributed by atoms with E-state index in [1.165, 1.54) is 5.01 Å². The summed E-state index contributed by atoms with van der Waals surface area (Å²) in [6.45, 7) is 7.54. The average Bonchev–Trinajstić information content (AvgIpc) is 2.60. The van der Waals surface area contributed by atoms with E-state index in [0.717, 1.165) is 21.0 Å². The molecule has 4 nitrogen and oxygen atoms in total. The van der Waals surface area contributed by atoms with Gasteiger partial charge in [-0.2, -0.15) is 4.53 Å². The number of rotatable bonds is 3. The lowest BCUT2D eigenvalue weighted by Crippen LogP contribution is -2.54. The average molecular weight is 438 g/mol. The maximum absolute atomic E-state index is 13.1. The van der Waals surface area contributed by atoms with Crippen LogP contribution >= 0.6 is 27.7 Å². The summed E-state index contributed by atoms with van der Waals surface area (Å²) in [4.78, 5) is 25.9. The van der Waals surface area contributed by atoms with Gasteiger partial charge in [-0.3, -0.25) is 9.59 Å². The van der Waals surface area contributed by atoms with Gasteiger partial charge in [-0.25, -0.2) is 5.01 Å². The topological polar surface area (TPSA) is 40.6 Å². The number of hydrogen-bond acceptors (Lipinski definition) is 2. The molecule has 138 valence electrons. The highest BCUT2D eigenvalue weighted by Gasteiger charge is 2.35. The van der Waals surface area contributed by atoms with Gasteiger partial charge in [-0.15, -0.1) is 0 Å². The van der Waals surface area contributed by atoms with Crippen molar-refractivity contribution in [3.05, 3.63) is 69.7 Å². The number of benzene rings is 2. The van der Waals surface area contributed by atoms with Gasteiger partial charge in [0.05, 0.1) is 5.54 Å². The largest absolute Gasteiger partial charge is 0.287 e. The molecule has 0 fully saturated rings. The highest BCUT2D eigenvalue weighted by molar-refractivity contribution is 9.10. The smallest absolute Gasteiger partial charge is 0.267 e. The van der Waals surface area contributed by atoms with Crippen LogP contribution in [0, 0.1) is 0 Å². The number of nitrogens with zero attached hydrogens (tertiary/aromatic N) is 2. The Morgan fingerprint density at radius 2 is 1.62 bits per heavy atom. The van der Waals surface area contributed by atoms with Crippen molar-refractivity contribution < 1.29 is 9.59 Å². The lowest BCUT2D eigenvalue weighted by atomic mass is 10.0. The second kappa shape index (κ2) is 8.23. The minimum atomic E-state index is -0.691. The van der Waals surface area contributed by atoms with Crippen molar-refractivity contribution in [3.63, 3.8) is 0 Å². The first-order valence-electron chi connectivity index (χ1n) is 8.34. The lowest BCUT2D eigenvalue weighted by Gasteiger charge is -2.39. The molecule has 0 bridgehead atoms. The number of carbonyl (C=O) groups is 2. The summed E-state index contributed by atoms with van der Waals surface area (Å²) in [5.41, 5.74) is 1.31. The highest BCUT2D eigenvalue weighted by Crippen LogP contribution is 2.25. The third-order valence-electron chi connectivity index (χ3n) is 3.85. The molecule has 0 aliphatic heterocycles. The molecule has 0 saturated heterocycles. The Morgan fingerprint density at radius 1 is 1.00 bits per heavy atom. The van der Waals surface area contributed by atoms with Gasteiger partial charge >= 0.3 is 0 Å². The minimum Gasteiger partial charge on any atom is -0.267 e. The quantitative estimate of drug-likeness (QED) is 0.472. The Hall–Kier alpha value is -1.85. The number of hydrogen-bond donors (Lipinski definition) is 0. The van der Waals surface area contributed by atoms with Crippen molar-refractivity contribution in [2.45, 2.75) is 39.7 Å². The van der Waals surface area contributed by atoms with E-state index in [0.29, 0.717) is 11.1 Å². The fourth-order valence-electron chi connectivity index (χ4n) is 2.47. The molecular formula is C20H22BrClN2O2. The van der Waals surface area contributed by atoms with E-state index in [1.54, 1.807) is 30.3 Å². The van der Waals surface area contributed by atoms with Gasteiger partial charge in [0.2, 0.25) is 0 Å². The number of hydrazine groups is 1. The molecule has 0 saturated carbocycles. The van der Waals surface area contributed by atoms with E-state index in [4.69, 9.17) is 11.8 Å². The van der Waals surface area contributed by atoms with Crippen molar-refractivity contribution in [1.29, 1.82) is 0 Å². The van der Waals surface area contributed by atoms with Crippen LogP contribution in [0.4, 0.5) is 0 Å². The van der Waals surface area contributed by atoms with Gasteiger partial charge in [0.25, 0.3) is 11.8 Å². The summed E-state index contributed by atoms with van der Waals surface area (Å²) in [5.74, 6) is -0.806. The predicted molar refractivity (Wildman–Crippen MR) is 108 cm³/mol. The number of amides is 2. The normalized spacial score (nSPS) is 11.2. The van der Waals surface area contributed by atoms with Gasteiger partial charge < -0.3 is 0 Å². The van der Waals surface area contributed by atoms with E-state index >= 15 is 0 Å². The predicted octanol–water partition coefficient (Wildman–Crippen LogP) is 5.46. The molecule has 26 heavy (non-hydrogen) atoms. The third-order valence-corrected chi connectivity index (χ3v) is 4.65. The Balaban J connectivity index is 2.37. The first-order valence-corrected chi connectivity index (χ1v) is 9.47. The molecule has 0 aliphatic rings. The first-order chi connectivity index (χ1) is 12.1. The van der Waals surface area contributed by atoms with Crippen molar-refractivity contribution in [3.8, 4) is 0 Å². The van der Waals surface area contributed by atoms with Crippen LogP contribution in [0.2, 0.25) is 0 Å². The molecule has 2 rings (SSSR count). The van der Waals surface area contributed by atoms with Crippen LogP contribution in [0.5, 0.6) is 0 Å². The zero-order valence-electron chi connectivity index (χ0n) is 15.3. The van der Waals surface area contributed by atoms with Crippen LogP contribution in [0.25, 0.3) is 0 Å². The molecule has 0 heterocycles. The van der Waals surface area contributed by atoms with Gasteiger partial charge in [0, 0.05) is 27.4 Å². The van der Waals surface area contributed by atoms with Gasteiger partial charge in [0.1, 0.15) is 0 Å². The molecule has 2 amide bonds. The van der Waals surface area contributed by atoms with Crippen molar-refractivity contribution >= 4 is 39.5 Å². The van der Waals surface area contributed by atoms with Crippen molar-refractivity contribution in [1.82, 2.24) is 9.54 Å². The van der Waals surface area contributed by atoms with Gasteiger partial charge in [-0.1, -0.05) is 41.1 Å². The Morgan fingerprint density at radius 3 is 2.12 bits per heavy atom. The zero-order chi connectivity index (χ0) is 19.5. The summed E-state index contributed by atoms with van der Waals surface area (Å²) in [7, 11) is 0. The second-order valence-corrected chi connectivity index (χ2v) is 8.15. The summed E-state index contributed by atoms with van der Waals surface area (Å²) in [6, 6.07) is 14.2. The number of halogens is 2. The Kier molecular flexibility index (Phi) is 6.48. The van der Waals surface area contributed by atoms with Crippen LogP contribution < -0.4 is 0 Å². The second-order valence-electron chi connectivity index (χ2n) is 6.91. The maximum atomic E-state index is 13.1. The van der Waals surface area contributed by atoms with Crippen LogP contribution in [0.15, 0.2) is 53.0 Å². The molecule has 0 radical (unpaired) electrons. The number of carbonyl (C=O) groups excluding carboxylic acids is 2. The van der Waals surface area contributed by atoms with Crippen LogP contribution in [0.3, 0.4) is 0 Å². The Bertz CT molecular complexity index is 800. The van der Waals surface area contributed by atoms with E-state index in [2.05, 4.69) is 22.9 Å². The van der Waals surface area contributed by atoms with Crippen molar-refractivity contribution in [2.24, 2.45) is 0 Å². The molecule has 2 aromatic carbocycles. The molecule has 6 heteroatoms. The lowest BCUT2D eigenvalue weighted by molar-refractivity contribution is -0.00370. The van der Waals surface area contributed by atoms with Crippen molar-refractivity contribution in [2.75, 3.05) is 0 Å². The van der Waals surface area contributed by atoms with Crippen LogP contribution in [-0.4, -0.2) is 26.9 Å².